The smallest absolute Gasteiger partial charge is 0.318 e. The summed E-state index contributed by atoms with van der Waals surface area (Å²) in [5.74, 6) is -0.647. The number of fused-ring (bicyclic) bond motifs is 1. The van der Waals surface area contributed by atoms with E-state index in [1.165, 1.54) is 4.90 Å². The van der Waals surface area contributed by atoms with Crippen LogP contribution in [0.3, 0.4) is 0 Å². The lowest BCUT2D eigenvalue weighted by Gasteiger charge is -2.30. The summed E-state index contributed by atoms with van der Waals surface area (Å²) in [4.78, 5) is 46.3. The number of carbonyl (C=O) groups excluding carboxylic acids is 3. The van der Waals surface area contributed by atoms with Gasteiger partial charge >= 0.3 is 6.03 Å². The summed E-state index contributed by atoms with van der Waals surface area (Å²) in [6.45, 7) is 3.69. The van der Waals surface area contributed by atoms with Crippen LogP contribution < -0.4 is 15.1 Å². The molecule has 4 rings (SSSR count). The minimum absolute atomic E-state index is 0.0708. The number of aliphatic hydroxyl groups excluding tert-OH is 2. The highest BCUT2D eigenvalue weighted by Gasteiger charge is 2.32. The van der Waals surface area contributed by atoms with E-state index in [9.17, 15) is 24.6 Å². The SMILES string of the molecule is C[C@@H]1CN(C(=O)c2ccc(N3CCCC3)cc2Cl)c2ccccc2CN1C(=O)NCC(=O)N(CCO)CCO. The van der Waals surface area contributed by atoms with E-state index < -0.39 is 11.9 Å². The van der Waals surface area contributed by atoms with E-state index in [-0.39, 0.29) is 57.9 Å². The maximum Gasteiger partial charge on any atom is 0.318 e. The molecular formula is C28H36ClN5O5. The maximum absolute atomic E-state index is 13.8. The van der Waals surface area contributed by atoms with Gasteiger partial charge in [-0.2, -0.15) is 0 Å². The van der Waals surface area contributed by atoms with Gasteiger partial charge in [-0.1, -0.05) is 29.8 Å². The van der Waals surface area contributed by atoms with E-state index in [4.69, 9.17) is 11.6 Å². The molecule has 1 saturated heterocycles. The maximum atomic E-state index is 13.8. The third-order valence-electron chi connectivity index (χ3n) is 7.25. The van der Waals surface area contributed by atoms with Gasteiger partial charge in [0, 0.05) is 56.7 Å². The number of rotatable bonds is 8. The van der Waals surface area contributed by atoms with Crippen molar-refractivity contribution >= 4 is 40.8 Å². The molecule has 4 amide bonds. The van der Waals surface area contributed by atoms with Gasteiger partial charge in [-0.3, -0.25) is 9.59 Å². The fraction of sp³-hybridized carbons (Fsp3) is 0.464. The number of para-hydroxylation sites is 1. The molecule has 2 aliphatic heterocycles. The zero-order chi connectivity index (χ0) is 27.9. The second kappa shape index (κ2) is 13.1. The number of urea groups is 1. The zero-order valence-corrected chi connectivity index (χ0v) is 22.9. The summed E-state index contributed by atoms with van der Waals surface area (Å²) in [5.41, 5.74) is 2.91. The number of hydrogen-bond donors (Lipinski definition) is 3. The van der Waals surface area contributed by atoms with Crippen LogP contribution in [0.5, 0.6) is 0 Å². The Morgan fingerprint density at radius 3 is 2.41 bits per heavy atom. The van der Waals surface area contributed by atoms with Crippen molar-refractivity contribution in [3.05, 3.63) is 58.6 Å². The topological polar surface area (TPSA) is 117 Å². The van der Waals surface area contributed by atoms with E-state index in [0.717, 1.165) is 37.2 Å². The average Bonchev–Trinajstić information content (AvgIpc) is 3.43. The van der Waals surface area contributed by atoms with Gasteiger partial charge in [0.2, 0.25) is 5.91 Å². The van der Waals surface area contributed by atoms with Gasteiger partial charge in [0.05, 0.1) is 30.3 Å². The fourth-order valence-corrected chi connectivity index (χ4v) is 5.39. The number of benzene rings is 2. The Kier molecular flexibility index (Phi) is 9.66. The van der Waals surface area contributed by atoms with E-state index in [1.54, 1.807) is 15.9 Å². The summed E-state index contributed by atoms with van der Waals surface area (Å²) in [5, 5.41) is 21.4. The number of nitrogens with zero attached hydrogens (tertiary/aromatic N) is 4. The summed E-state index contributed by atoms with van der Waals surface area (Å²) >= 11 is 6.63. The molecule has 1 atom stereocenters. The molecule has 3 N–H and O–H groups in total. The zero-order valence-electron chi connectivity index (χ0n) is 22.2. The molecule has 0 unspecified atom stereocenters. The van der Waals surface area contributed by atoms with Crippen LogP contribution in [0.1, 0.15) is 35.7 Å². The summed E-state index contributed by atoms with van der Waals surface area (Å²) in [6, 6.07) is 12.2. The lowest BCUT2D eigenvalue weighted by Crippen LogP contribution is -2.50. The Morgan fingerprint density at radius 2 is 1.74 bits per heavy atom. The molecule has 2 aliphatic rings. The van der Waals surface area contributed by atoms with E-state index in [0.29, 0.717) is 16.3 Å². The number of carbonyl (C=O) groups is 3. The Labute approximate surface area is 233 Å². The number of halogens is 1. The van der Waals surface area contributed by atoms with Gasteiger partial charge in [0.1, 0.15) is 0 Å². The van der Waals surface area contributed by atoms with Crippen LogP contribution in [0.15, 0.2) is 42.5 Å². The molecule has 10 nitrogen and oxygen atoms in total. The molecule has 0 spiro atoms. The average molecular weight is 558 g/mol. The van der Waals surface area contributed by atoms with Crippen molar-refractivity contribution in [1.82, 2.24) is 15.1 Å². The quantitative estimate of drug-likeness (QED) is 0.459. The molecule has 0 aromatic heterocycles. The first-order valence-electron chi connectivity index (χ1n) is 13.3. The number of amides is 4. The van der Waals surface area contributed by atoms with Gasteiger partial charge < -0.3 is 35.1 Å². The largest absolute Gasteiger partial charge is 0.395 e. The van der Waals surface area contributed by atoms with Crippen LogP contribution in [0, 0.1) is 0 Å². The third-order valence-corrected chi connectivity index (χ3v) is 7.56. The van der Waals surface area contributed by atoms with Crippen LogP contribution in [-0.2, 0) is 11.3 Å². The highest BCUT2D eigenvalue weighted by molar-refractivity contribution is 6.35. The number of hydrogen-bond acceptors (Lipinski definition) is 6. The Hall–Kier alpha value is -3.34. The van der Waals surface area contributed by atoms with Crippen LogP contribution in [0.25, 0.3) is 0 Å². The standard InChI is InChI=1S/C28H36ClN5O5/c1-20-18-34(27(38)23-9-8-22(16-24(23)29)31-10-4-5-11-31)25-7-3-2-6-21(25)19-33(20)28(39)30-17-26(37)32(12-14-35)13-15-36/h2-3,6-9,16,20,35-36H,4-5,10-15,17-19H2,1H3,(H,30,39)/t20-/m1/s1. The second-order valence-corrected chi connectivity index (χ2v) is 10.3. The molecule has 0 bridgehead atoms. The number of anilines is 2. The molecule has 1 fully saturated rings. The Bertz CT molecular complexity index is 1180. The molecule has 2 heterocycles. The van der Waals surface area contributed by atoms with Crippen molar-refractivity contribution in [3.63, 3.8) is 0 Å². The van der Waals surface area contributed by atoms with E-state index in [2.05, 4.69) is 10.2 Å². The van der Waals surface area contributed by atoms with E-state index >= 15 is 0 Å². The Morgan fingerprint density at radius 1 is 1.05 bits per heavy atom. The Balaban J connectivity index is 1.51. The number of aliphatic hydroxyl groups is 2. The lowest BCUT2D eigenvalue weighted by atomic mass is 10.1. The van der Waals surface area contributed by atoms with Crippen LogP contribution in [0.4, 0.5) is 16.2 Å². The first-order chi connectivity index (χ1) is 18.8. The normalized spacial score (nSPS) is 17.0. The first kappa shape index (κ1) is 28.7. The molecule has 39 heavy (non-hydrogen) atoms. The molecule has 0 saturated carbocycles. The monoisotopic (exact) mass is 557 g/mol. The van der Waals surface area contributed by atoms with Crippen molar-refractivity contribution in [2.75, 3.05) is 62.3 Å². The van der Waals surface area contributed by atoms with Crippen molar-refractivity contribution < 1.29 is 24.6 Å². The van der Waals surface area contributed by atoms with Crippen LogP contribution >= 0.6 is 11.6 Å². The molecule has 11 heteroatoms. The van der Waals surface area contributed by atoms with Crippen molar-refractivity contribution in [1.29, 1.82) is 0 Å². The molecule has 2 aromatic carbocycles. The lowest BCUT2D eigenvalue weighted by molar-refractivity contribution is -0.131. The summed E-state index contributed by atoms with van der Waals surface area (Å²) < 4.78 is 0. The highest BCUT2D eigenvalue weighted by Crippen LogP contribution is 2.32. The molecule has 210 valence electrons. The van der Waals surface area contributed by atoms with Gasteiger partial charge in [0.15, 0.2) is 0 Å². The highest BCUT2D eigenvalue weighted by atomic mass is 35.5. The minimum atomic E-state index is -0.444. The fourth-order valence-electron chi connectivity index (χ4n) is 5.13. The molecule has 2 aromatic rings. The predicted octanol–water partition coefficient (Wildman–Crippen LogP) is 2.31. The minimum Gasteiger partial charge on any atom is -0.395 e. The van der Waals surface area contributed by atoms with Crippen molar-refractivity contribution in [2.24, 2.45) is 0 Å². The molecular weight excluding hydrogens is 522 g/mol. The van der Waals surface area contributed by atoms with Gasteiger partial charge in [-0.05, 0) is 49.6 Å². The van der Waals surface area contributed by atoms with Gasteiger partial charge in [0.25, 0.3) is 5.91 Å². The predicted molar refractivity (Wildman–Crippen MR) is 150 cm³/mol. The number of nitrogens with one attached hydrogen (secondary N) is 1. The summed E-state index contributed by atoms with van der Waals surface area (Å²) in [6.07, 6.45) is 2.28. The van der Waals surface area contributed by atoms with Gasteiger partial charge in [-0.25, -0.2) is 4.79 Å². The molecule has 0 aliphatic carbocycles. The van der Waals surface area contributed by atoms with Crippen LogP contribution in [0.2, 0.25) is 5.02 Å². The summed E-state index contributed by atoms with van der Waals surface area (Å²) in [7, 11) is 0. The van der Waals surface area contributed by atoms with E-state index in [1.807, 2.05) is 43.3 Å². The van der Waals surface area contributed by atoms with Crippen molar-refractivity contribution in [2.45, 2.75) is 32.4 Å². The van der Waals surface area contributed by atoms with Crippen LogP contribution in [-0.4, -0.2) is 96.4 Å². The first-order valence-corrected chi connectivity index (χ1v) is 13.7. The molecule has 0 radical (unpaired) electrons. The second-order valence-electron chi connectivity index (χ2n) is 9.87. The third kappa shape index (κ3) is 6.63. The van der Waals surface area contributed by atoms with Gasteiger partial charge in [-0.15, -0.1) is 0 Å². The van der Waals surface area contributed by atoms with Crippen molar-refractivity contribution in [3.8, 4) is 0 Å².